The third-order valence-electron chi connectivity index (χ3n) is 2.72. The summed E-state index contributed by atoms with van der Waals surface area (Å²) in [6, 6.07) is 4.47. The van der Waals surface area contributed by atoms with Gasteiger partial charge in [-0.1, -0.05) is 26.3 Å². The standard InChI is InChI=1S/C13H19FN2S/c1-3-9(2)7-17-8-10-4-5-11(14)6-12(10)13(15)16/h4-6,9H,3,7-8H2,1-2H3,(H3,15,16). The van der Waals surface area contributed by atoms with Crippen LogP contribution in [0.25, 0.3) is 0 Å². The van der Waals surface area contributed by atoms with Crippen LogP contribution in [0.15, 0.2) is 18.2 Å². The zero-order valence-electron chi connectivity index (χ0n) is 10.3. The highest BCUT2D eigenvalue weighted by Crippen LogP contribution is 2.20. The maximum atomic E-state index is 13.1. The van der Waals surface area contributed by atoms with Crippen LogP contribution in [0.2, 0.25) is 0 Å². The summed E-state index contributed by atoms with van der Waals surface area (Å²) in [5, 5.41) is 7.43. The zero-order chi connectivity index (χ0) is 12.8. The number of hydrogen-bond acceptors (Lipinski definition) is 2. The Morgan fingerprint density at radius 1 is 1.53 bits per heavy atom. The number of rotatable bonds is 6. The lowest BCUT2D eigenvalue weighted by Gasteiger charge is -2.10. The highest BCUT2D eigenvalue weighted by molar-refractivity contribution is 7.98. The Morgan fingerprint density at radius 2 is 2.24 bits per heavy atom. The number of nitrogen functional groups attached to an aromatic ring is 1. The second kappa shape index (κ2) is 6.64. The van der Waals surface area contributed by atoms with E-state index in [1.807, 2.05) is 0 Å². The molecule has 0 radical (unpaired) electrons. The van der Waals surface area contributed by atoms with E-state index in [0.29, 0.717) is 11.5 Å². The molecule has 0 aliphatic carbocycles. The fourth-order valence-corrected chi connectivity index (χ4v) is 2.64. The molecule has 0 aliphatic heterocycles. The Kier molecular flexibility index (Phi) is 5.48. The molecule has 1 atom stereocenters. The van der Waals surface area contributed by atoms with Crippen LogP contribution in [0, 0.1) is 17.1 Å². The van der Waals surface area contributed by atoms with Gasteiger partial charge in [-0.05, 0) is 29.4 Å². The van der Waals surface area contributed by atoms with Gasteiger partial charge < -0.3 is 5.73 Å². The highest BCUT2D eigenvalue weighted by atomic mass is 32.2. The lowest BCUT2D eigenvalue weighted by atomic mass is 10.1. The average molecular weight is 254 g/mol. The number of nitrogens with two attached hydrogens (primary N) is 1. The lowest BCUT2D eigenvalue weighted by Crippen LogP contribution is -2.14. The molecule has 17 heavy (non-hydrogen) atoms. The summed E-state index contributed by atoms with van der Waals surface area (Å²) in [6.07, 6.45) is 1.16. The van der Waals surface area contributed by atoms with E-state index in [2.05, 4.69) is 13.8 Å². The maximum Gasteiger partial charge on any atom is 0.123 e. The van der Waals surface area contributed by atoms with Crippen LogP contribution in [0.5, 0.6) is 0 Å². The minimum atomic E-state index is -0.342. The third kappa shape index (κ3) is 4.38. The minimum Gasteiger partial charge on any atom is -0.384 e. The Hall–Kier alpha value is -1.03. The van der Waals surface area contributed by atoms with Crippen LogP contribution in [0.4, 0.5) is 4.39 Å². The van der Waals surface area contributed by atoms with Crippen molar-refractivity contribution >= 4 is 17.6 Å². The summed E-state index contributed by atoms with van der Waals surface area (Å²) >= 11 is 1.80. The molecule has 1 aromatic rings. The molecule has 2 nitrogen and oxygen atoms in total. The number of benzene rings is 1. The van der Waals surface area contributed by atoms with E-state index < -0.39 is 0 Å². The Balaban J connectivity index is 2.67. The summed E-state index contributed by atoms with van der Waals surface area (Å²) < 4.78 is 13.1. The average Bonchev–Trinajstić information content (AvgIpc) is 2.30. The number of amidine groups is 1. The SMILES string of the molecule is CCC(C)CSCc1ccc(F)cc1C(=N)N. The topological polar surface area (TPSA) is 49.9 Å². The number of thioether (sulfide) groups is 1. The first kappa shape index (κ1) is 14.0. The first-order valence-corrected chi connectivity index (χ1v) is 6.90. The Bertz CT molecular complexity index is 393. The van der Waals surface area contributed by atoms with Gasteiger partial charge in [-0.2, -0.15) is 11.8 Å². The molecule has 0 amide bonds. The van der Waals surface area contributed by atoms with Gasteiger partial charge in [0.1, 0.15) is 11.7 Å². The number of hydrogen-bond donors (Lipinski definition) is 2. The van der Waals surface area contributed by atoms with Gasteiger partial charge in [-0.3, -0.25) is 5.41 Å². The van der Waals surface area contributed by atoms with Crippen molar-refractivity contribution in [2.75, 3.05) is 5.75 Å². The van der Waals surface area contributed by atoms with Crippen LogP contribution in [-0.4, -0.2) is 11.6 Å². The normalized spacial score (nSPS) is 12.4. The zero-order valence-corrected chi connectivity index (χ0v) is 11.1. The molecule has 0 aliphatic rings. The lowest BCUT2D eigenvalue weighted by molar-refractivity contribution is 0.627. The molecule has 1 rings (SSSR count). The molecule has 1 aromatic carbocycles. The van der Waals surface area contributed by atoms with Crippen LogP contribution in [0.1, 0.15) is 31.4 Å². The van der Waals surface area contributed by atoms with Gasteiger partial charge in [0.25, 0.3) is 0 Å². The molecule has 0 fully saturated rings. The highest BCUT2D eigenvalue weighted by Gasteiger charge is 2.08. The summed E-state index contributed by atoms with van der Waals surface area (Å²) in [7, 11) is 0. The van der Waals surface area contributed by atoms with Crippen LogP contribution in [-0.2, 0) is 5.75 Å². The molecule has 0 saturated heterocycles. The molecular formula is C13H19FN2S. The molecule has 0 saturated carbocycles. The van der Waals surface area contributed by atoms with Crippen molar-refractivity contribution in [3.63, 3.8) is 0 Å². The predicted molar refractivity (Wildman–Crippen MR) is 73.0 cm³/mol. The van der Waals surface area contributed by atoms with E-state index in [0.717, 1.165) is 23.5 Å². The maximum absolute atomic E-state index is 13.1. The number of nitrogens with one attached hydrogen (secondary N) is 1. The Labute approximate surface area is 106 Å². The minimum absolute atomic E-state index is 0.0661. The first-order chi connectivity index (χ1) is 8.04. The van der Waals surface area contributed by atoms with E-state index in [1.54, 1.807) is 17.8 Å². The fraction of sp³-hybridized carbons (Fsp3) is 0.462. The molecule has 94 valence electrons. The van der Waals surface area contributed by atoms with Crippen molar-refractivity contribution in [1.29, 1.82) is 5.41 Å². The van der Waals surface area contributed by atoms with Gasteiger partial charge in [-0.15, -0.1) is 0 Å². The van der Waals surface area contributed by atoms with Gasteiger partial charge in [0.05, 0.1) is 0 Å². The van der Waals surface area contributed by atoms with Crippen molar-refractivity contribution < 1.29 is 4.39 Å². The number of halogens is 1. The summed E-state index contributed by atoms with van der Waals surface area (Å²) in [4.78, 5) is 0. The van der Waals surface area contributed by atoms with Gasteiger partial charge in [0, 0.05) is 11.3 Å². The van der Waals surface area contributed by atoms with Crippen LogP contribution < -0.4 is 5.73 Å². The van der Waals surface area contributed by atoms with Crippen molar-refractivity contribution in [3.8, 4) is 0 Å². The van der Waals surface area contributed by atoms with E-state index in [4.69, 9.17) is 11.1 Å². The molecule has 1 unspecified atom stereocenters. The molecule has 0 heterocycles. The molecule has 4 heteroatoms. The quantitative estimate of drug-likeness (QED) is 0.604. The van der Waals surface area contributed by atoms with Crippen LogP contribution >= 0.6 is 11.8 Å². The van der Waals surface area contributed by atoms with Crippen molar-refractivity contribution in [1.82, 2.24) is 0 Å². The summed E-state index contributed by atoms with van der Waals surface area (Å²) in [5.74, 6) is 2.13. The predicted octanol–water partition coefficient (Wildman–Crippen LogP) is 3.39. The van der Waals surface area contributed by atoms with Gasteiger partial charge >= 0.3 is 0 Å². The van der Waals surface area contributed by atoms with Crippen LogP contribution in [0.3, 0.4) is 0 Å². The second-order valence-corrected chi connectivity index (χ2v) is 5.27. The smallest absolute Gasteiger partial charge is 0.123 e. The molecule has 0 spiro atoms. The summed E-state index contributed by atoms with van der Waals surface area (Å²) in [5.41, 5.74) is 6.90. The fourth-order valence-electron chi connectivity index (χ4n) is 1.41. The molecule has 0 bridgehead atoms. The van der Waals surface area contributed by atoms with E-state index in [-0.39, 0.29) is 11.7 Å². The van der Waals surface area contributed by atoms with Gasteiger partial charge in [0.15, 0.2) is 0 Å². The molecular weight excluding hydrogens is 235 g/mol. The molecule has 3 N–H and O–H groups in total. The third-order valence-corrected chi connectivity index (χ3v) is 4.04. The van der Waals surface area contributed by atoms with Crippen molar-refractivity contribution in [2.45, 2.75) is 26.0 Å². The largest absolute Gasteiger partial charge is 0.384 e. The Morgan fingerprint density at radius 3 is 2.82 bits per heavy atom. The van der Waals surface area contributed by atoms with E-state index >= 15 is 0 Å². The second-order valence-electron chi connectivity index (χ2n) is 4.24. The summed E-state index contributed by atoms with van der Waals surface area (Å²) in [6.45, 7) is 4.38. The van der Waals surface area contributed by atoms with Crippen molar-refractivity contribution in [2.24, 2.45) is 11.7 Å². The monoisotopic (exact) mass is 254 g/mol. The van der Waals surface area contributed by atoms with Gasteiger partial charge in [-0.25, -0.2) is 4.39 Å². The molecule has 0 aromatic heterocycles. The van der Waals surface area contributed by atoms with E-state index in [1.165, 1.54) is 12.1 Å². The van der Waals surface area contributed by atoms with Gasteiger partial charge in [0.2, 0.25) is 0 Å². The van der Waals surface area contributed by atoms with E-state index in [9.17, 15) is 4.39 Å². The van der Waals surface area contributed by atoms with Crippen molar-refractivity contribution in [3.05, 3.63) is 35.1 Å². The first-order valence-electron chi connectivity index (χ1n) is 5.75.